The Labute approximate surface area is 114 Å². The van der Waals surface area contributed by atoms with Crippen molar-refractivity contribution in [2.75, 3.05) is 19.6 Å². The Hall–Kier alpha value is -0.0800. The molecule has 0 aromatic heterocycles. The summed E-state index contributed by atoms with van der Waals surface area (Å²) in [7, 11) is 0. The van der Waals surface area contributed by atoms with Gasteiger partial charge in [-0.05, 0) is 69.5 Å². The molecule has 1 fully saturated rings. The first kappa shape index (κ1) is 16.0. The van der Waals surface area contributed by atoms with Crippen molar-refractivity contribution in [3.8, 4) is 0 Å². The largest absolute Gasteiger partial charge is 0.327 e. The lowest BCUT2D eigenvalue weighted by molar-refractivity contribution is 0.232. The zero-order chi connectivity index (χ0) is 13.5. The second kappa shape index (κ2) is 8.16. The maximum atomic E-state index is 6.21. The normalized spacial score (nSPS) is 18.0. The molecule has 1 aliphatic rings. The van der Waals surface area contributed by atoms with E-state index in [1.807, 2.05) is 0 Å². The highest BCUT2D eigenvalue weighted by atomic mass is 15.1. The van der Waals surface area contributed by atoms with Gasteiger partial charge in [-0.1, -0.05) is 27.7 Å². The number of hydrogen-bond donors (Lipinski definition) is 1. The first-order valence-electron chi connectivity index (χ1n) is 7.97. The highest BCUT2D eigenvalue weighted by Gasteiger charge is 2.28. The van der Waals surface area contributed by atoms with Crippen molar-refractivity contribution in [2.24, 2.45) is 23.5 Å². The monoisotopic (exact) mass is 254 g/mol. The van der Waals surface area contributed by atoms with Crippen molar-refractivity contribution >= 4 is 0 Å². The Morgan fingerprint density at radius 2 is 1.33 bits per heavy atom. The van der Waals surface area contributed by atoms with Gasteiger partial charge < -0.3 is 10.6 Å². The second-order valence-corrected chi connectivity index (χ2v) is 7.00. The highest BCUT2D eigenvalue weighted by Crippen LogP contribution is 2.32. The summed E-state index contributed by atoms with van der Waals surface area (Å²) in [6, 6.07) is 0.464. The van der Waals surface area contributed by atoms with Crippen LogP contribution in [0.4, 0.5) is 0 Å². The molecule has 0 aliphatic heterocycles. The van der Waals surface area contributed by atoms with Gasteiger partial charge in [-0.3, -0.25) is 0 Å². The Morgan fingerprint density at radius 3 is 1.72 bits per heavy atom. The van der Waals surface area contributed by atoms with E-state index in [1.165, 1.54) is 51.7 Å². The van der Waals surface area contributed by atoms with Gasteiger partial charge in [-0.15, -0.1) is 0 Å². The molecule has 0 amide bonds. The molecular weight excluding hydrogens is 220 g/mol. The lowest BCUT2D eigenvalue weighted by atomic mass is 10.1. The van der Waals surface area contributed by atoms with Crippen molar-refractivity contribution in [2.45, 2.75) is 65.8 Å². The molecule has 2 N–H and O–H groups in total. The number of hydrogen-bond acceptors (Lipinski definition) is 2. The van der Waals surface area contributed by atoms with Gasteiger partial charge in [0.1, 0.15) is 0 Å². The van der Waals surface area contributed by atoms with E-state index in [9.17, 15) is 0 Å². The Balaban J connectivity index is 2.22. The molecule has 1 atom stereocenters. The number of rotatable bonds is 10. The van der Waals surface area contributed by atoms with E-state index in [0.717, 1.165) is 17.8 Å². The van der Waals surface area contributed by atoms with E-state index in [0.29, 0.717) is 6.04 Å². The standard InChI is InChI=1S/C16H34N2/c1-13(2)7-10-18(11-8-14(3)4)12-9-16(17)15-5-6-15/h13-16H,5-12,17H2,1-4H3. The summed E-state index contributed by atoms with van der Waals surface area (Å²) in [6.07, 6.45) is 6.58. The SMILES string of the molecule is CC(C)CCN(CCC(C)C)CCC(N)C1CC1. The van der Waals surface area contributed by atoms with Crippen molar-refractivity contribution in [3.63, 3.8) is 0 Å². The molecule has 0 aromatic rings. The van der Waals surface area contributed by atoms with Crippen LogP contribution in [0.1, 0.15) is 59.8 Å². The van der Waals surface area contributed by atoms with Crippen LogP contribution in [0.25, 0.3) is 0 Å². The molecule has 0 aromatic carbocycles. The maximum absolute atomic E-state index is 6.21. The minimum absolute atomic E-state index is 0.464. The van der Waals surface area contributed by atoms with E-state index in [4.69, 9.17) is 5.73 Å². The van der Waals surface area contributed by atoms with Gasteiger partial charge in [-0.25, -0.2) is 0 Å². The van der Waals surface area contributed by atoms with Gasteiger partial charge >= 0.3 is 0 Å². The lowest BCUT2D eigenvalue weighted by Crippen LogP contribution is -2.33. The van der Waals surface area contributed by atoms with E-state index >= 15 is 0 Å². The average molecular weight is 254 g/mol. The highest BCUT2D eigenvalue weighted by molar-refractivity contribution is 4.84. The van der Waals surface area contributed by atoms with Crippen molar-refractivity contribution in [3.05, 3.63) is 0 Å². The van der Waals surface area contributed by atoms with Crippen LogP contribution in [0, 0.1) is 17.8 Å². The third-order valence-electron chi connectivity index (χ3n) is 4.05. The van der Waals surface area contributed by atoms with Gasteiger partial charge in [0.15, 0.2) is 0 Å². The molecule has 0 bridgehead atoms. The Bertz CT molecular complexity index is 197. The Morgan fingerprint density at radius 1 is 0.889 bits per heavy atom. The van der Waals surface area contributed by atoms with Crippen LogP contribution in [0.15, 0.2) is 0 Å². The average Bonchev–Trinajstić information content (AvgIpc) is 3.10. The van der Waals surface area contributed by atoms with Crippen LogP contribution < -0.4 is 5.73 Å². The fourth-order valence-electron chi connectivity index (χ4n) is 2.31. The smallest absolute Gasteiger partial charge is 0.00793 e. The summed E-state index contributed by atoms with van der Waals surface area (Å²) in [4.78, 5) is 2.64. The first-order valence-corrected chi connectivity index (χ1v) is 7.97. The van der Waals surface area contributed by atoms with Crippen molar-refractivity contribution in [1.82, 2.24) is 4.90 Å². The molecule has 1 aliphatic carbocycles. The van der Waals surface area contributed by atoms with Crippen LogP contribution in [0.3, 0.4) is 0 Å². The zero-order valence-corrected chi connectivity index (χ0v) is 13.0. The first-order chi connectivity index (χ1) is 8.49. The lowest BCUT2D eigenvalue weighted by Gasteiger charge is -2.25. The van der Waals surface area contributed by atoms with E-state index in [-0.39, 0.29) is 0 Å². The van der Waals surface area contributed by atoms with Gasteiger partial charge in [-0.2, -0.15) is 0 Å². The molecule has 2 nitrogen and oxygen atoms in total. The van der Waals surface area contributed by atoms with Crippen LogP contribution >= 0.6 is 0 Å². The third kappa shape index (κ3) is 7.38. The van der Waals surface area contributed by atoms with E-state index < -0.39 is 0 Å². The van der Waals surface area contributed by atoms with Crippen LogP contribution in [-0.2, 0) is 0 Å². The molecule has 108 valence electrons. The zero-order valence-electron chi connectivity index (χ0n) is 13.0. The summed E-state index contributed by atoms with van der Waals surface area (Å²) in [5, 5.41) is 0. The van der Waals surface area contributed by atoms with Crippen molar-refractivity contribution in [1.29, 1.82) is 0 Å². The molecule has 0 heterocycles. The predicted molar refractivity (Wildman–Crippen MR) is 80.7 cm³/mol. The minimum Gasteiger partial charge on any atom is -0.327 e. The predicted octanol–water partition coefficient (Wildman–Crippen LogP) is 3.51. The fraction of sp³-hybridized carbons (Fsp3) is 1.00. The molecule has 0 radical (unpaired) electrons. The molecule has 1 rings (SSSR count). The van der Waals surface area contributed by atoms with E-state index in [2.05, 4.69) is 32.6 Å². The maximum Gasteiger partial charge on any atom is 0.00793 e. The molecule has 0 spiro atoms. The van der Waals surface area contributed by atoms with Gasteiger partial charge in [0.05, 0.1) is 0 Å². The minimum atomic E-state index is 0.464. The van der Waals surface area contributed by atoms with Gasteiger partial charge in [0, 0.05) is 6.04 Å². The molecule has 1 saturated carbocycles. The molecule has 1 unspecified atom stereocenters. The number of nitrogens with two attached hydrogens (primary N) is 1. The van der Waals surface area contributed by atoms with Crippen LogP contribution in [0.2, 0.25) is 0 Å². The summed E-state index contributed by atoms with van der Waals surface area (Å²) in [5.41, 5.74) is 6.21. The van der Waals surface area contributed by atoms with Crippen LogP contribution in [0.5, 0.6) is 0 Å². The van der Waals surface area contributed by atoms with Gasteiger partial charge in [0.25, 0.3) is 0 Å². The quantitative estimate of drug-likeness (QED) is 0.646. The summed E-state index contributed by atoms with van der Waals surface area (Å²) >= 11 is 0. The molecule has 18 heavy (non-hydrogen) atoms. The fourth-order valence-corrected chi connectivity index (χ4v) is 2.31. The number of nitrogens with zero attached hydrogens (tertiary/aromatic N) is 1. The topological polar surface area (TPSA) is 29.3 Å². The van der Waals surface area contributed by atoms with Crippen molar-refractivity contribution < 1.29 is 0 Å². The molecule has 0 saturated heterocycles. The summed E-state index contributed by atoms with van der Waals surface area (Å²) in [5.74, 6) is 2.47. The van der Waals surface area contributed by atoms with Crippen LogP contribution in [-0.4, -0.2) is 30.6 Å². The Kier molecular flexibility index (Phi) is 7.25. The third-order valence-corrected chi connectivity index (χ3v) is 4.05. The van der Waals surface area contributed by atoms with E-state index in [1.54, 1.807) is 0 Å². The summed E-state index contributed by atoms with van der Waals surface area (Å²) < 4.78 is 0. The molecule has 2 heteroatoms. The summed E-state index contributed by atoms with van der Waals surface area (Å²) in [6.45, 7) is 13.0. The molecular formula is C16H34N2. The second-order valence-electron chi connectivity index (χ2n) is 7.00. The van der Waals surface area contributed by atoms with Gasteiger partial charge in [0.2, 0.25) is 0 Å².